The molecule has 0 N–H and O–H groups in total. The molecule has 3 rings (SSSR count). The Morgan fingerprint density at radius 1 is 0.655 bits per heavy atom. The van der Waals surface area contributed by atoms with Crippen molar-refractivity contribution in [3.63, 3.8) is 0 Å². The van der Waals surface area contributed by atoms with Gasteiger partial charge in [0.05, 0.1) is 0 Å². The van der Waals surface area contributed by atoms with E-state index in [1.54, 1.807) is 40.0 Å². The second-order valence-corrected chi connectivity index (χ2v) is 13.9. The van der Waals surface area contributed by atoms with Crippen molar-refractivity contribution in [3.05, 3.63) is 75.4 Å². The topological polar surface area (TPSA) is 0 Å². The summed E-state index contributed by atoms with van der Waals surface area (Å²) in [4.78, 5) is 0. The zero-order chi connectivity index (χ0) is 20.0. The fourth-order valence-corrected chi connectivity index (χ4v) is 14.1. The molecule has 2 aliphatic rings. The van der Waals surface area contributed by atoms with E-state index in [2.05, 4.69) is 90.3 Å². The molecule has 1 aromatic carbocycles. The van der Waals surface area contributed by atoms with Crippen LogP contribution in [0.2, 0.25) is 0 Å². The fourth-order valence-electron chi connectivity index (χ4n) is 4.80. The van der Waals surface area contributed by atoms with Gasteiger partial charge in [-0.25, -0.2) is 0 Å². The standard InChI is InChI=1S/2C9H13.C8H8.2ClH.Zr/c2*1-6-5-7(2)9(4)8(6)3;1-7-5-3-4-6-8(7)2;;;/h2*6H,1-4H3;1,3-6H,2H3;2*1H;. The van der Waals surface area contributed by atoms with E-state index in [0.717, 1.165) is 0 Å². The summed E-state index contributed by atoms with van der Waals surface area (Å²) >= 11 is -2.18. The van der Waals surface area contributed by atoms with E-state index >= 15 is 0 Å². The van der Waals surface area contributed by atoms with Gasteiger partial charge >= 0.3 is 175 Å². The number of allylic oxidation sites excluding steroid dienone is 8. The number of aryl methyl sites for hydroxylation is 1. The zero-order valence-corrected chi connectivity index (χ0v) is 23.4. The van der Waals surface area contributed by atoms with Gasteiger partial charge in [-0.05, 0) is 0 Å². The average molecular weight is 511 g/mol. The molecular weight excluding hydrogens is 474 g/mol. The van der Waals surface area contributed by atoms with Crippen LogP contribution in [-0.4, -0.2) is 3.71 Å². The summed E-state index contributed by atoms with van der Waals surface area (Å²) in [5.74, 6) is 1.21. The molecule has 158 valence electrons. The van der Waals surface area contributed by atoms with Crippen molar-refractivity contribution in [3.8, 4) is 0 Å². The first-order valence-electron chi connectivity index (χ1n) is 10.2. The maximum Gasteiger partial charge on any atom is -0.147 e. The van der Waals surface area contributed by atoms with Gasteiger partial charge in [0, 0.05) is 0 Å². The Kier molecular flexibility index (Phi) is 9.35. The summed E-state index contributed by atoms with van der Waals surface area (Å²) in [7, 11) is 0. The molecular formula is C26H36Cl2Zr. The molecule has 0 heterocycles. The molecule has 29 heavy (non-hydrogen) atoms. The quantitative estimate of drug-likeness (QED) is 0.385. The van der Waals surface area contributed by atoms with Crippen molar-refractivity contribution >= 4 is 28.5 Å². The number of hydrogen-bond donors (Lipinski definition) is 0. The van der Waals surface area contributed by atoms with Crippen molar-refractivity contribution < 1.29 is 21.3 Å². The van der Waals surface area contributed by atoms with E-state index in [4.69, 9.17) is 0 Å². The predicted molar refractivity (Wildman–Crippen MR) is 131 cm³/mol. The van der Waals surface area contributed by atoms with Gasteiger partial charge in [0.2, 0.25) is 0 Å². The molecule has 2 atom stereocenters. The van der Waals surface area contributed by atoms with Crippen molar-refractivity contribution in [2.24, 2.45) is 11.8 Å². The second-order valence-electron chi connectivity index (χ2n) is 8.55. The number of halogens is 2. The largest absolute Gasteiger partial charge is 0.147 e. The predicted octanol–water partition coefficient (Wildman–Crippen LogP) is 8.13. The molecule has 0 nitrogen and oxygen atoms in total. The summed E-state index contributed by atoms with van der Waals surface area (Å²) in [6, 6.07) is 8.94. The Balaban J connectivity index is 0.00000210. The monoisotopic (exact) mass is 508 g/mol. The molecule has 0 saturated heterocycles. The molecule has 0 spiro atoms. The zero-order valence-electron chi connectivity index (χ0n) is 19.4. The van der Waals surface area contributed by atoms with Crippen LogP contribution < -0.4 is 0 Å². The van der Waals surface area contributed by atoms with Crippen LogP contribution in [0.1, 0.15) is 66.5 Å². The summed E-state index contributed by atoms with van der Waals surface area (Å²) in [6.45, 7) is 21.3. The van der Waals surface area contributed by atoms with Gasteiger partial charge in [-0.3, -0.25) is 0 Å². The molecule has 0 amide bonds. The molecule has 0 aromatic heterocycles. The van der Waals surface area contributed by atoms with Crippen molar-refractivity contribution in [1.82, 2.24) is 0 Å². The summed E-state index contributed by atoms with van der Waals surface area (Å²) in [6.07, 6.45) is 0. The maximum absolute atomic E-state index is 2.74. The van der Waals surface area contributed by atoms with Crippen LogP contribution in [0.4, 0.5) is 0 Å². The van der Waals surface area contributed by atoms with E-state index in [1.165, 1.54) is 11.1 Å². The number of hydrogen-bond acceptors (Lipinski definition) is 0. The van der Waals surface area contributed by atoms with Gasteiger partial charge in [-0.15, -0.1) is 24.8 Å². The number of benzene rings is 1. The van der Waals surface area contributed by atoms with E-state index in [-0.39, 0.29) is 24.8 Å². The van der Waals surface area contributed by atoms with Crippen molar-refractivity contribution in [2.75, 3.05) is 0 Å². The molecule has 2 aliphatic carbocycles. The third kappa shape index (κ3) is 4.58. The Bertz CT molecular complexity index is 916. The van der Waals surface area contributed by atoms with E-state index in [1.807, 2.05) is 0 Å². The Morgan fingerprint density at radius 3 is 1.41 bits per heavy atom. The van der Waals surface area contributed by atoms with Gasteiger partial charge in [0.25, 0.3) is 0 Å². The van der Waals surface area contributed by atoms with E-state index < -0.39 is 21.3 Å². The molecule has 1 aromatic rings. The van der Waals surface area contributed by atoms with Gasteiger partial charge in [0.15, 0.2) is 0 Å². The minimum atomic E-state index is -2.18. The summed E-state index contributed by atoms with van der Waals surface area (Å²) in [5.41, 5.74) is 12.3. The maximum atomic E-state index is 2.74. The molecule has 0 bridgehead atoms. The fraction of sp³-hybridized carbons (Fsp3) is 0.423. The summed E-state index contributed by atoms with van der Waals surface area (Å²) in [5, 5.41) is 0. The van der Waals surface area contributed by atoms with Crippen LogP contribution in [0.5, 0.6) is 0 Å². The van der Waals surface area contributed by atoms with Crippen LogP contribution in [0.25, 0.3) is 0 Å². The van der Waals surface area contributed by atoms with Crippen LogP contribution in [0.3, 0.4) is 0 Å². The Labute approximate surface area is 198 Å². The van der Waals surface area contributed by atoms with Gasteiger partial charge in [-0.1, -0.05) is 0 Å². The van der Waals surface area contributed by atoms with E-state index in [9.17, 15) is 0 Å². The summed E-state index contributed by atoms with van der Waals surface area (Å²) < 4.78 is 6.35. The molecule has 2 unspecified atom stereocenters. The molecule has 0 radical (unpaired) electrons. The first-order valence-corrected chi connectivity index (χ1v) is 14.1. The second kappa shape index (κ2) is 10.2. The third-order valence-corrected chi connectivity index (χ3v) is 15.6. The Morgan fingerprint density at radius 2 is 1.07 bits per heavy atom. The third-order valence-electron chi connectivity index (χ3n) is 7.35. The normalized spacial score (nSPS) is 21.6. The average Bonchev–Trinajstić information content (AvgIpc) is 2.95. The minimum absolute atomic E-state index is 0. The first-order chi connectivity index (χ1) is 12.7. The van der Waals surface area contributed by atoms with E-state index in [0.29, 0.717) is 11.8 Å². The SMILES string of the molecule is CC1=C(C)C(C)[C]([Zr](=[CH]c2ccccc2C)[C]2=C(C)C(C)=C(C)C2C)=C1C.Cl.Cl. The van der Waals surface area contributed by atoms with Crippen LogP contribution in [0.15, 0.2) is 64.3 Å². The van der Waals surface area contributed by atoms with Crippen LogP contribution in [0, 0.1) is 18.8 Å². The molecule has 0 aliphatic heterocycles. The van der Waals surface area contributed by atoms with Gasteiger partial charge < -0.3 is 0 Å². The van der Waals surface area contributed by atoms with Crippen molar-refractivity contribution in [1.29, 1.82) is 0 Å². The molecule has 0 fully saturated rings. The van der Waals surface area contributed by atoms with Crippen LogP contribution >= 0.6 is 24.8 Å². The van der Waals surface area contributed by atoms with Crippen molar-refractivity contribution in [2.45, 2.75) is 62.3 Å². The van der Waals surface area contributed by atoms with Crippen LogP contribution in [-0.2, 0) is 21.3 Å². The minimum Gasteiger partial charge on any atom is -0.147 e. The Hall–Kier alpha value is -0.487. The van der Waals surface area contributed by atoms with Gasteiger partial charge in [-0.2, -0.15) is 0 Å². The van der Waals surface area contributed by atoms with Gasteiger partial charge in [0.1, 0.15) is 0 Å². The molecule has 3 heteroatoms. The smallest absolute Gasteiger partial charge is 0.147 e. The first kappa shape index (κ1) is 26.5. The molecule has 0 saturated carbocycles. The number of rotatable bonds is 3.